The summed E-state index contributed by atoms with van der Waals surface area (Å²) in [5.74, 6) is 0. The Morgan fingerprint density at radius 1 is 1.33 bits per heavy atom. The van der Waals surface area contributed by atoms with Crippen molar-refractivity contribution in [2.24, 2.45) is 0 Å². The molecular formula is C14H21N. The molecule has 1 rings (SSSR count). The predicted octanol–water partition coefficient (Wildman–Crippen LogP) is 3.48. The molecule has 0 heterocycles. The summed E-state index contributed by atoms with van der Waals surface area (Å²) in [5, 5.41) is 3.24. The molecule has 1 unspecified atom stereocenters. The van der Waals surface area contributed by atoms with Crippen molar-refractivity contribution in [2.75, 3.05) is 7.05 Å². The van der Waals surface area contributed by atoms with Crippen molar-refractivity contribution < 1.29 is 0 Å². The summed E-state index contributed by atoms with van der Waals surface area (Å²) in [6.07, 6.45) is 2.07. The van der Waals surface area contributed by atoms with Crippen LogP contribution in [0.5, 0.6) is 0 Å². The number of benzene rings is 1. The third kappa shape index (κ3) is 3.52. The Bertz CT molecular complexity index is 311. The topological polar surface area (TPSA) is 12.0 Å². The van der Waals surface area contributed by atoms with E-state index >= 15 is 0 Å². The fraction of sp³-hybridized carbons (Fsp3) is 0.429. The van der Waals surface area contributed by atoms with E-state index in [9.17, 15) is 0 Å². The molecule has 1 nitrogen and oxygen atoms in total. The number of rotatable bonds is 5. The highest BCUT2D eigenvalue weighted by Gasteiger charge is 2.02. The van der Waals surface area contributed by atoms with Crippen LogP contribution < -0.4 is 5.32 Å². The van der Waals surface area contributed by atoms with Gasteiger partial charge in [-0.25, -0.2) is 0 Å². The lowest BCUT2D eigenvalue weighted by atomic mass is 10.0. The molecule has 15 heavy (non-hydrogen) atoms. The van der Waals surface area contributed by atoms with Gasteiger partial charge in [0.1, 0.15) is 0 Å². The lowest BCUT2D eigenvalue weighted by molar-refractivity contribution is 0.652. The Morgan fingerprint density at radius 3 is 2.40 bits per heavy atom. The molecule has 0 amide bonds. The molecule has 0 radical (unpaired) electrons. The Hall–Kier alpha value is -1.08. The Kier molecular flexibility index (Phi) is 4.57. The molecule has 0 aliphatic rings. The highest BCUT2D eigenvalue weighted by Crippen LogP contribution is 2.15. The first kappa shape index (κ1) is 12.0. The number of hydrogen-bond donors (Lipinski definition) is 1. The van der Waals surface area contributed by atoms with Crippen LogP contribution in [0.3, 0.4) is 0 Å². The Morgan fingerprint density at radius 2 is 1.93 bits per heavy atom. The van der Waals surface area contributed by atoms with Gasteiger partial charge in [0.25, 0.3) is 0 Å². The summed E-state index contributed by atoms with van der Waals surface area (Å²) >= 11 is 0. The molecule has 0 saturated carbocycles. The average Bonchev–Trinajstić information content (AvgIpc) is 2.29. The van der Waals surface area contributed by atoms with Gasteiger partial charge in [0, 0.05) is 6.04 Å². The van der Waals surface area contributed by atoms with E-state index < -0.39 is 0 Å². The number of allylic oxidation sites excluding steroid dienone is 1. The van der Waals surface area contributed by atoms with Gasteiger partial charge in [-0.1, -0.05) is 43.3 Å². The minimum Gasteiger partial charge on any atom is -0.313 e. The zero-order valence-electron chi connectivity index (χ0n) is 10.0. The quantitative estimate of drug-likeness (QED) is 0.722. The van der Waals surface area contributed by atoms with Gasteiger partial charge in [0.2, 0.25) is 0 Å². The van der Waals surface area contributed by atoms with Crippen LogP contribution in [0.15, 0.2) is 36.4 Å². The molecule has 0 aliphatic heterocycles. The van der Waals surface area contributed by atoms with E-state index in [-0.39, 0.29) is 0 Å². The van der Waals surface area contributed by atoms with Crippen LogP contribution in [-0.4, -0.2) is 7.05 Å². The lowest BCUT2D eigenvalue weighted by Crippen LogP contribution is -2.12. The Labute approximate surface area is 93.2 Å². The summed E-state index contributed by atoms with van der Waals surface area (Å²) in [5.41, 5.74) is 3.99. The maximum atomic E-state index is 4.03. The second-order valence-corrected chi connectivity index (χ2v) is 4.03. The van der Waals surface area contributed by atoms with Crippen molar-refractivity contribution in [3.63, 3.8) is 0 Å². The van der Waals surface area contributed by atoms with Crippen LogP contribution in [0.25, 0.3) is 0 Å². The van der Waals surface area contributed by atoms with Crippen LogP contribution in [0.2, 0.25) is 0 Å². The normalized spacial score (nSPS) is 12.5. The lowest BCUT2D eigenvalue weighted by Gasteiger charge is -2.11. The molecular weight excluding hydrogens is 182 g/mol. The van der Waals surface area contributed by atoms with Crippen LogP contribution in [-0.2, 0) is 6.42 Å². The van der Waals surface area contributed by atoms with Crippen LogP contribution in [0, 0.1) is 0 Å². The van der Waals surface area contributed by atoms with Gasteiger partial charge in [0.05, 0.1) is 0 Å². The summed E-state index contributed by atoms with van der Waals surface area (Å²) in [6.45, 7) is 8.35. The van der Waals surface area contributed by atoms with Crippen LogP contribution in [0.4, 0.5) is 0 Å². The van der Waals surface area contributed by atoms with E-state index in [2.05, 4.69) is 50.0 Å². The first-order valence-corrected chi connectivity index (χ1v) is 5.60. The predicted molar refractivity (Wildman–Crippen MR) is 67.1 cm³/mol. The van der Waals surface area contributed by atoms with Gasteiger partial charge < -0.3 is 5.32 Å². The summed E-state index contributed by atoms with van der Waals surface area (Å²) in [4.78, 5) is 0. The number of nitrogens with one attached hydrogen (secondary N) is 1. The summed E-state index contributed by atoms with van der Waals surface area (Å²) < 4.78 is 0. The first-order chi connectivity index (χ1) is 7.17. The average molecular weight is 203 g/mol. The fourth-order valence-corrected chi connectivity index (χ4v) is 1.50. The van der Waals surface area contributed by atoms with Crippen molar-refractivity contribution in [1.29, 1.82) is 0 Å². The molecule has 82 valence electrons. The minimum absolute atomic E-state index is 0.424. The zero-order chi connectivity index (χ0) is 11.3. The van der Waals surface area contributed by atoms with Crippen molar-refractivity contribution in [3.8, 4) is 0 Å². The van der Waals surface area contributed by atoms with Crippen molar-refractivity contribution in [2.45, 2.75) is 32.7 Å². The SMILES string of the molecule is C=C(CC)Cc1ccc(C(C)NC)cc1. The van der Waals surface area contributed by atoms with E-state index in [1.165, 1.54) is 16.7 Å². The van der Waals surface area contributed by atoms with E-state index in [0.717, 1.165) is 12.8 Å². The van der Waals surface area contributed by atoms with Gasteiger partial charge >= 0.3 is 0 Å². The monoisotopic (exact) mass is 203 g/mol. The fourth-order valence-electron chi connectivity index (χ4n) is 1.50. The summed E-state index contributed by atoms with van der Waals surface area (Å²) in [7, 11) is 1.98. The van der Waals surface area contributed by atoms with Crippen molar-refractivity contribution >= 4 is 0 Å². The van der Waals surface area contributed by atoms with Gasteiger partial charge in [0.15, 0.2) is 0 Å². The molecule has 0 bridgehead atoms. The van der Waals surface area contributed by atoms with Gasteiger partial charge in [-0.3, -0.25) is 0 Å². The molecule has 1 heteroatoms. The standard InChI is InChI=1S/C14H21N/c1-5-11(2)10-13-6-8-14(9-7-13)12(3)15-4/h6-9,12,15H,2,5,10H2,1,3-4H3. The maximum Gasteiger partial charge on any atom is 0.0289 e. The molecule has 0 fully saturated rings. The molecule has 1 aromatic carbocycles. The third-order valence-corrected chi connectivity index (χ3v) is 2.87. The molecule has 1 aromatic rings. The zero-order valence-corrected chi connectivity index (χ0v) is 10.0. The molecule has 1 N–H and O–H groups in total. The highest BCUT2D eigenvalue weighted by molar-refractivity contribution is 5.27. The van der Waals surface area contributed by atoms with Gasteiger partial charge in [-0.15, -0.1) is 0 Å². The smallest absolute Gasteiger partial charge is 0.0289 e. The molecule has 1 atom stereocenters. The second kappa shape index (κ2) is 5.72. The van der Waals surface area contributed by atoms with E-state index in [0.29, 0.717) is 6.04 Å². The third-order valence-electron chi connectivity index (χ3n) is 2.87. The largest absolute Gasteiger partial charge is 0.313 e. The van der Waals surface area contributed by atoms with E-state index in [1.807, 2.05) is 7.05 Å². The highest BCUT2D eigenvalue weighted by atomic mass is 14.8. The second-order valence-electron chi connectivity index (χ2n) is 4.03. The molecule has 0 aromatic heterocycles. The number of hydrogen-bond acceptors (Lipinski definition) is 1. The van der Waals surface area contributed by atoms with E-state index in [1.54, 1.807) is 0 Å². The van der Waals surface area contributed by atoms with Crippen molar-refractivity contribution in [3.05, 3.63) is 47.5 Å². The molecule has 0 spiro atoms. The van der Waals surface area contributed by atoms with E-state index in [4.69, 9.17) is 0 Å². The van der Waals surface area contributed by atoms with Gasteiger partial charge in [-0.2, -0.15) is 0 Å². The summed E-state index contributed by atoms with van der Waals surface area (Å²) in [6, 6.07) is 9.21. The van der Waals surface area contributed by atoms with Gasteiger partial charge in [-0.05, 0) is 37.9 Å². The maximum absolute atomic E-state index is 4.03. The van der Waals surface area contributed by atoms with Crippen LogP contribution in [0.1, 0.15) is 37.4 Å². The Balaban J connectivity index is 2.68. The van der Waals surface area contributed by atoms with Crippen LogP contribution >= 0.6 is 0 Å². The molecule has 0 saturated heterocycles. The first-order valence-electron chi connectivity index (χ1n) is 5.60. The minimum atomic E-state index is 0.424. The van der Waals surface area contributed by atoms with Crippen molar-refractivity contribution in [1.82, 2.24) is 5.32 Å². The molecule has 0 aliphatic carbocycles.